The van der Waals surface area contributed by atoms with Gasteiger partial charge in [-0.05, 0) is 31.0 Å². The Morgan fingerprint density at radius 1 is 1.09 bits per heavy atom. The van der Waals surface area contributed by atoms with Gasteiger partial charge in [0.1, 0.15) is 5.69 Å². The predicted molar refractivity (Wildman–Crippen MR) is 131 cm³/mol. The minimum atomic E-state index is -4.22. The number of carbonyl (C=O) groups is 1. The van der Waals surface area contributed by atoms with Gasteiger partial charge in [0, 0.05) is 29.9 Å². The van der Waals surface area contributed by atoms with Gasteiger partial charge >= 0.3 is 10.3 Å². The first kappa shape index (κ1) is 22.5. The Morgan fingerprint density at radius 2 is 1.82 bits per heavy atom. The highest BCUT2D eigenvalue weighted by molar-refractivity contribution is 7.83. The Bertz CT molecular complexity index is 1440. The summed E-state index contributed by atoms with van der Waals surface area (Å²) in [6.07, 6.45) is 2.84. The maximum absolute atomic E-state index is 13.0. The van der Waals surface area contributed by atoms with E-state index in [9.17, 15) is 13.2 Å². The number of nitrogens with zero attached hydrogens (tertiary/aromatic N) is 4. The van der Waals surface area contributed by atoms with Crippen LogP contribution in [-0.4, -0.2) is 52.8 Å². The second-order valence-electron chi connectivity index (χ2n) is 7.96. The Labute approximate surface area is 200 Å². The molecule has 10 nitrogen and oxygen atoms in total. The number of rotatable bonds is 6. The normalized spacial score (nSPS) is 15.0. The van der Waals surface area contributed by atoms with Crippen LogP contribution in [0.15, 0.2) is 60.1 Å². The van der Waals surface area contributed by atoms with Crippen LogP contribution >= 0.6 is 11.3 Å². The molecule has 2 aromatic carbocycles. The number of para-hydroxylation sites is 3. The van der Waals surface area contributed by atoms with E-state index in [0.717, 1.165) is 16.6 Å². The number of thiazole rings is 1. The zero-order valence-corrected chi connectivity index (χ0v) is 19.6. The highest BCUT2D eigenvalue weighted by Gasteiger charge is 2.24. The van der Waals surface area contributed by atoms with Crippen molar-refractivity contribution >= 4 is 49.8 Å². The van der Waals surface area contributed by atoms with Crippen molar-refractivity contribution < 1.29 is 17.8 Å². The first-order chi connectivity index (χ1) is 16.4. The van der Waals surface area contributed by atoms with Crippen molar-refractivity contribution in [2.75, 3.05) is 23.3 Å². The average molecular weight is 499 g/mol. The zero-order chi connectivity index (χ0) is 23.7. The van der Waals surface area contributed by atoms with Gasteiger partial charge in [0.15, 0.2) is 0 Å². The van der Waals surface area contributed by atoms with Crippen molar-refractivity contribution in [3.63, 3.8) is 0 Å². The molecule has 12 heteroatoms. The van der Waals surface area contributed by atoms with E-state index in [0.29, 0.717) is 42.4 Å². The van der Waals surface area contributed by atoms with Crippen LogP contribution in [0, 0.1) is 0 Å². The van der Waals surface area contributed by atoms with E-state index in [1.807, 2.05) is 48.5 Å². The van der Waals surface area contributed by atoms with Gasteiger partial charge in [-0.1, -0.05) is 30.3 Å². The van der Waals surface area contributed by atoms with Gasteiger partial charge < -0.3 is 10.2 Å². The van der Waals surface area contributed by atoms with Crippen molar-refractivity contribution in [2.24, 2.45) is 0 Å². The quantitative estimate of drug-likeness (QED) is 0.348. The van der Waals surface area contributed by atoms with Crippen LogP contribution in [0.1, 0.15) is 23.3 Å². The van der Waals surface area contributed by atoms with E-state index in [4.69, 9.17) is 4.55 Å². The molecule has 1 amide bonds. The summed E-state index contributed by atoms with van der Waals surface area (Å²) in [6, 6.07) is 14.9. The number of fused-ring (bicyclic) bond motifs is 1. The number of benzene rings is 2. The topological polar surface area (TPSA) is 129 Å². The van der Waals surface area contributed by atoms with E-state index in [-0.39, 0.29) is 11.9 Å². The van der Waals surface area contributed by atoms with Crippen LogP contribution in [0.4, 0.5) is 11.4 Å². The van der Waals surface area contributed by atoms with Gasteiger partial charge in [-0.3, -0.25) is 9.35 Å². The maximum Gasteiger partial charge on any atom is 0.333 e. The van der Waals surface area contributed by atoms with E-state index in [2.05, 4.69) is 25.0 Å². The first-order valence-corrected chi connectivity index (χ1v) is 13.0. The lowest BCUT2D eigenvalue weighted by atomic mass is 10.0. The molecule has 5 rings (SSSR count). The minimum absolute atomic E-state index is 0.297. The molecule has 0 unspecified atom stereocenters. The molecular weight excluding hydrogens is 476 g/mol. The number of piperidine rings is 1. The molecule has 1 saturated heterocycles. The lowest BCUT2D eigenvalue weighted by Gasteiger charge is -2.34. The standard InChI is InChI=1S/C22H22N6O4S2/c29-21(18-14-33-22(25-18)28-19-7-3-1-5-15(19)13-23-28)24-17-6-2-4-8-20(17)27-11-9-16(10-12-27)26-34(30,31)32/h1-8,13-14,16,26H,9-12H2,(H,24,29)(H,30,31,32). The lowest BCUT2D eigenvalue weighted by Crippen LogP contribution is -2.44. The third-order valence-corrected chi connectivity index (χ3v) is 7.13. The van der Waals surface area contributed by atoms with Crippen LogP contribution in [-0.2, 0) is 10.3 Å². The monoisotopic (exact) mass is 498 g/mol. The summed E-state index contributed by atoms with van der Waals surface area (Å²) >= 11 is 1.34. The molecule has 0 radical (unpaired) electrons. The van der Waals surface area contributed by atoms with Gasteiger partial charge in [-0.2, -0.15) is 18.2 Å². The molecule has 34 heavy (non-hydrogen) atoms. The fourth-order valence-electron chi connectivity index (χ4n) is 4.08. The van der Waals surface area contributed by atoms with Gasteiger partial charge in [-0.25, -0.2) is 9.67 Å². The summed E-state index contributed by atoms with van der Waals surface area (Å²) in [4.78, 5) is 19.6. The third-order valence-electron chi connectivity index (χ3n) is 5.69. The number of amides is 1. The minimum Gasteiger partial charge on any atom is -0.370 e. The number of carbonyl (C=O) groups excluding carboxylic acids is 1. The van der Waals surface area contributed by atoms with Gasteiger partial charge in [-0.15, -0.1) is 11.3 Å². The molecule has 1 fully saturated rings. The van der Waals surface area contributed by atoms with Crippen LogP contribution < -0.4 is 14.9 Å². The number of nitrogens with one attached hydrogen (secondary N) is 2. The van der Waals surface area contributed by atoms with Crippen LogP contribution in [0.3, 0.4) is 0 Å². The van der Waals surface area contributed by atoms with Crippen molar-refractivity contribution in [2.45, 2.75) is 18.9 Å². The molecule has 3 N–H and O–H groups in total. The van der Waals surface area contributed by atoms with Crippen molar-refractivity contribution in [3.05, 3.63) is 65.8 Å². The number of hydrogen-bond donors (Lipinski definition) is 3. The first-order valence-electron chi connectivity index (χ1n) is 10.7. The summed E-state index contributed by atoms with van der Waals surface area (Å²) < 4.78 is 35.1. The number of aromatic nitrogens is 3. The predicted octanol–water partition coefficient (Wildman–Crippen LogP) is 3.10. The Morgan fingerprint density at radius 3 is 2.62 bits per heavy atom. The van der Waals surface area contributed by atoms with E-state index in [1.165, 1.54) is 11.3 Å². The molecular formula is C22H22N6O4S2. The number of anilines is 2. The molecule has 0 spiro atoms. The smallest absolute Gasteiger partial charge is 0.333 e. The van der Waals surface area contributed by atoms with Crippen LogP contribution in [0.2, 0.25) is 0 Å². The Balaban J connectivity index is 1.30. The molecule has 0 aliphatic carbocycles. The summed E-state index contributed by atoms with van der Waals surface area (Å²) in [6.45, 7) is 1.15. The zero-order valence-electron chi connectivity index (χ0n) is 18.0. The Hall–Kier alpha value is -3.32. The van der Waals surface area contributed by atoms with Crippen molar-refractivity contribution in [3.8, 4) is 5.13 Å². The van der Waals surface area contributed by atoms with E-state index in [1.54, 1.807) is 16.3 Å². The molecule has 0 atom stereocenters. The lowest BCUT2D eigenvalue weighted by molar-refractivity contribution is 0.102. The van der Waals surface area contributed by atoms with Crippen molar-refractivity contribution in [1.29, 1.82) is 0 Å². The number of hydrogen-bond acceptors (Lipinski definition) is 7. The Kier molecular flexibility index (Phi) is 6.04. The molecule has 1 aliphatic rings. The van der Waals surface area contributed by atoms with Crippen LogP contribution in [0.5, 0.6) is 0 Å². The van der Waals surface area contributed by atoms with Crippen molar-refractivity contribution in [1.82, 2.24) is 19.5 Å². The summed E-state index contributed by atoms with van der Waals surface area (Å²) in [7, 11) is -4.22. The molecule has 0 bridgehead atoms. The van der Waals surface area contributed by atoms with E-state index >= 15 is 0 Å². The maximum atomic E-state index is 13.0. The third kappa shape index (κ3) is 4.80. The average Bonchev–Trinajstić information content (AvgIpc) is 3.46. The summed E-state index contributed by atoms with van der Waals surface area (Å²) in [5.74, 6) is -0.325. The summed E-state index contributed by atoms with van der Waals surface area (Å²) in [5, 5.41) is 10.6. The highest BCUT2D eigenvalue weighted by atomic mass is 32.2. The molecule has 2 aromatic heterocycles. The van der Waals surface area contributed by atoms with Crippen LogP contribution in [0.25, 0.3) is 16.0 Å². The second-order valence-corrected chi connectivity index (χ2v) is 9.98. The molecule has 176 valence electrons. The fourth-order valence-corrected chi connectivity index (χ4v) is 5.51. The van der Waals surface area contributed by atoms with Gasteiger partial charge in [0.05, 0.1) is 23.1 Å². The second kappa shape index (κ2) is 9.14. The highest BCUT2D eigenvalue weighted by Crippen LogP contribution is 2.29. The van der Waals surface area contributed by atoms with Gasteiger partial charge in [0.25, 0.3) is 5.91 Å². The summed E-state index contributed by atoms with van der Waals surface area (Å²) in [5.41, 5.74) is 2.70. The molecule has 0 saturated carbocycles. The molecule has 3 heterocycles. The SMILES string of the molecule is O=C(Nc1ccccc1N1CCC(NS(=O)(=O)O)CC1)c1csc(-n2ncc3ccccc32)n1. The molecule has 4 aromatic rings. The van der Waals surface area contributed by atoms with E-state index < -0.39 is 10.3 Å². The molecule has 1 aliphatic heterocycles. The largest absolute Gasteiger partial charge is 0.370 e. The fraction of sp³-hybridized carbons (Fsp3) is 0.227. The van der Waals surface area contributed by atoms with Gasteiger partial charge in [0.2, 0.25) is 5.13 Å².